The van der Waals surface area contributed by atoms with Crippen LogP contribution in [0.2, 0.25) is 5.02 Å². The number of alkyl halides is 3. The summed E-state index contributed by atoms with van der Waals surface area (Å²) in [5.74, 6) is -2.25. The van der Waals surface area contributed by atoms with Gasteiger partial charge in [0.15, 0.2) is 11.6 Å². The van der Waals surface area contributed by atoms with Gasteiger partial charge in [-0.2, -0.15) is 26.3 Å². The van der Waals surface area contributed by atoms with E-state index in [2.05, 4.69) is 15.1 Å². The lowest BCUT2D eigenvalue weighted by Crippen LogP contribution is -2.09. The van der Waals surface area contributed by atoms with Crippen molar-refractivity contribution in [2.24, 2.45) is 0 Å². The van der Waals surface area contributed by atoms with E-state index in [0.29, 0.717) is 10.9 Å². The highest BCUT2D eigenvalue weighted by Crippen LogP contribution is 2.34. The third-order valence-electron chi connectivity index (χ3n) is 3.50. The highest BCUT2D eigenvalue weighted by molar-refractivity contribution is 7.85. The molecule has 0 fully saturated rings. The number of pyridine rings is 1. The molecule has 29 heavy (non-hydrogen) atoms. The summed E-state index contributed by atoms with van der Waals surface area (Å²) in [5.41, 5.74) is -0.502. The summed E-state index contributed by atoms with van der Waals surface area (Å²) >= 11 is 5.98. The van der Waals surface area contributed by atoms with Crippen molar-refractivity contribution in [3.8, 4) is 17.2 Å². The minimum Gasteiger partial charge on any atom is -0.282 e. The van der Waals surface area contributed by atoms with Crippen molar-refractivity contribution in [2.45, 2.75) is 11.1 Å². The Labute approximate surface area is 164 Å². The SMILES string of the molecule is O=[N+]([O-])c1ccc(-c2nc(C(F)(F)F)nn2-c2ccc(S(=O)(=O)O)cn2)c(Cl)c1. The van der Waals surface area contributed by atoms with Crippen LogP contribution in [0.15, 0.2) is 41.4 Å². The summed E-state index contributed by atoms with van der Waals surface area (Å²) in [6, 6.07) is 4.92. The van der Waals surface area contributed by atoms with Gasteiger partial charge in [0, 0.05) is 17.7 Å². The van der Waals surface area contributed by atoms with Crippen molar-refractivity contribution in [1.82, 2.24) is 19.7 Å². The molecule has 3 rings (SSSR count). The second-order valence-corrected chi connectivity index (χ2v) is 7.25. The van der Waals surface area contributed by atoms with Crippen LogP contribution in [-0.4, -0.2) is 37.6 Å². The number of hydrogen-bond acceptors (Lipinski definition) is 7. The monoisotopic (exact) mass is 449 g/mol. The largest absolute Gasteiger partial charge is 0.453 e. The second kappa shape index (κ2) is 7.06. The van der Waals surface area contributed by atoms with Gasteiger partial charge in [0.2, 0.25) is 0 Å². The lowest BCUT2D eigenvalue weighted by atomic mass is 10.2. The smallest absolute Gasteiger partial charge is 0.282 e. The molecule has 0 aliphatic carbocycles. The predicted molar refractivity (Wildman–Crippen MR) is 91.1 cm³/mol. The lowest BCUT2D eigenvalue weighted by Gasteiger charge is -2.07. The lowest BCUT2D eigenvalue weighted by molar-refractivity contribution is -0.384. The zero-order valence-corrected chi connectivity index (χ0v) is 15.3. The number of rotatable bonds is 4. The van der Waals surface area contributed by atoms with Crippen LogP contribution in [0.5, 0.6) is 0 Å². The number of nitrogens with zero attached hydrogens (tertiary/aromatic N) is 5. The third-order valence-corrected chi connectivity index (χ3v) is 4.65. The number of halogens is 4. The van der Waals surface area contributed by atoms with Gasteiger partial charge in [0.1, 0.15) is 4.90 Å². The van der Waals surface area contributed by atoms with Crippen molar-refractivity contribution < 1.29 is 31.1 Å². The molecular weight excluding hydrogens is 443 g/mol. The number of nitro benzene ring substituents is 1. The Kier molecular flexibility index (Phi) is 5.02. The van der Waals surface area contributed by atoms with Crippen molar-refractivity contribution in [2.75, 3.05) is 0 Å². The van der Waals surface area contributed by atoms with Gasteiger partial charge in [-0.05, 0) is 18.2 Å². The minimum absolute atomic E-state index is 0.110. The Bertz CT molecular complexity index is 1210. The van der Waals surface area contributed by atoms with E-state index >= 15 is 0 Å². The molecule has 0 bridgehead atoms. The van der Waals surface area contributed by atoms with Gasteiger partial charge in [-0.25, -0.2) is 9.97 Å². The van der Waals surface area contributed by atoms with Gasteiger partial charge >= 0.3 is 6.18 Å². The van der Waals surface area contributed by atoms with Gasteiger partial charge in [-0.3, -0.25) is 14.7 Å². The number of hydrogen-bond donors (Lipinski definition) is 1. The minimum atomic E-state index is -4.93. The van der Waals surface area contributed by atoms with Crippen molar-refractivity contribution >= 4 is 27.4 Å². The summed E-state index contributed by atoms with van der Waals surface area (Å²) in [6.45, 7) is 0. The highest BCUT2D eigenvalue weighted by Gasteiger charge is 2.38. The molecule has 0 atom stereocenters. The van der Waals surface area contributed by atoms with Crippen LogP contribution < -0.4 is 0 Å². The first-order valence-corrected chi connectivity index (χ1v) is 9.12. The molecular formula is C14H7ClF3N5O5S. The first-order chi connectivity index (χ1) is 13.4. The maximum Gasteiger partial charge on any atom is 0.453 e. The van der Waals surface area contributed by atoms with Crippen molar-refractivity contribution in [3.05, 3.63) is 57.5 Å². The first-order valence-electron chi connectivity index (χ1n) is 7.30. The van der Waals surface area contributed by atoms with E-state index in [1.165, 1.54) is 0 Å². The molecule has 1 N–H and O–H groups in total. The van der Waals surface area contributed by atoms with Crippen LogP contribution in [0.3, 0.4) is 0 Å². The van der Waals surface area contributed by atoms with Crippen LogP contribution in [0, 0.1) is 10.1 Å². The molecule has 0 saturated carbocycles. The molecule has 15 heteroatoms. The van der Waals surface area contributed by atoms with E-state index < -0.39 is 43.4 Å². The Morgan fingerprint density at radius 2 is 1.90 bits per heavy atom. The maximum atomic E-state index is 13.1. The molecule has 0 spiro atoms. The van der Waals surface area contributed by atoms with E-state index in [4.69, 9.17) is 16.2 Å². The second-order valence-electron chi connectivity index (χ2n) is 5.42. The fourth-order valence-electron chi connectivity index (χ4n) is 2.22. The maximum absolute atomic E-state index is 13.1. The predicted octanol–water partition coefficient (Wildman–Crippen LogP) is 3.16. The molecule has 2 heterocycles. The van der Waals surface area contributed by atoms with Gasteiger partial charge in [0.05, 0.1) is 16.1 Å². The Morgan fingerprint density at radius 1 is 1.21 bits per heavy atom. The fraction of sp³-hybridized carbons (Fsp3) is 0.0714. The molecule has 0 unspecified atom stereocenters. The molecule has 1 aromatic carbocycles. The molecule has 0 aliphatic rings. The van der Waals surface area contributed by atoms with Crippen LogP contribution >= 0.6 is 11.6 Å². The molecule has 0 amide bonds. The van der Waals surface area contributed by atoms with Crippen LogP contribution in [0.1, 0.15) is 5.82 Å². The zero-order chi connectivity index (χ0) is 21.6. The van der Waals surface area contributed by atoms with Gasteiger partial charge in [-0.1, -0.05) is 11.6 Å². The van der Waals surface area contributed by atoms with E-state index in [1.54, 1.807) is 0 Å². The number of aromatic nitrogens is 4. The van der Waals surface area contributed by atoms with Crippen molar-refractivity contribution in [3.63, 3.8) is 0 Å². The molecule has 2 aromatic heterocycles. The summed E-state index contributed by atoms with van der Waals surface area (Å²) in [6.07, 6.45) is -4.22. The van der Waals surface area contributed by atoms with Gasteiger partial charge < -0.3 is 0 Å². The number of non-ortho nitro benzene ring substituents is 1. The molecule has 0 aliphatic heterocycles. The summed E-state index contributed by atoms with van der Waals surface area (Å²) in [5, 5.41) is 13.9. The summed E-state index contributed by atoms with van der Waals surface area (Å²) in [4.78, 5) is 16.6. The Morgan fingerprint density at radius 3 is 2.38 bits per heavy atom. The standard InChI is InChI=1S/C14H7ClF3N5O5S/c15-10-5-7(23(24)25)1-3-9(10)12-20-13(14(16,17)18)21-22(12)11-4-2-8(6-19-11)29(26,27)28/h1-6H,(H,26,27,28). The van der Waals surface area contributed by atoms with Gasteiger partial charge in [-0.15, -0.1) is 5.10 Å². The van der Waals surface area contributed by atoms with Crippen LogP contribution in [-0.2, 0) is 16.3 Å². The van der Waals surface area contributed by atoms with E-state index in [1.807, 2.05) is 0 Å². The molecule has 10 nitrogen and oxygen atoms in total. The Balaban J connectivity index is 2.20. The van der Waals surface area contributed by atoms with Crippen molar-refractivity contribution in [1.29, 1.82) is 0 Å². The zero-order valence-electron chi connectivity index (χ0n) is 13.7. The topological polar surface area (TPSA) is 141 Å². The fourth-order valence-corrected chi connectivity index (χ4v) is 2.90. The number of benzene rings is 1. The first kappa shape index (κ1) is 20.6. The molecule has 3 aromatic rings. The molecule has 152 valence electrons. The third kappa shape index (κ3) is 4.18. The average molecular weight is 450 g/mol. The molecule has 0 saturated heterocycles. The van der Waals surface area contributed by atoms with E-state index in [-0.39, 0.29) is 16.4 Å². The van der Waals surface area contributed by atoms with E-state index in [9.17, 15) is 31.7 Å². The van der Waals surface area contributed by atoms with Crippen LogP contribution in [0.25, 0.3) is 17.2 Å². The average Bonchev–Trinajstić information content (AvgIpc) is 3.06. The normalized spacial score (nSPS) is 12.2. The Hall–Kier alpha value is -3.10. The summed E-state index contributed by atoms with van der Waals surface area (Å²) in [7, 11) is -4.57. The van der Waals surface area contributed by atoms with Crippen LogP contribution in [0.4, 0.5) is 18.9 Å². The number of nitro groups is 1. The van der Waals surface area contributed by atoms with Gasteiger partial charge in [0.25, 0.3) is 21.6 Å². The quantitative estimate of drug-likeness (QED) is 0.363. The highest BCUT2D eigenvalue weighted by atomic mass is 35.5. The molecule has 0 radical (unpaired) electrons. The summed E-state index contributed by atoms with van der Waals surface area (Å²) < 4.78 is 71.1. The van der Waals surface area contributed by atoms with E-state index in [0.717, 1.165) is 30.3 Å².